The van der Waals surface area contributed by atoms with Crippen LogP contribution in [-0.4, -0.2) is 69.2 Å². The van der Waals surface area contributed by atoms with Crippen molar-refractivity contribution in [2.24, 2.45) is 0 Å². The Hall–Kier alpha value is -6.37. The third-order valence-corrected chi connectivity index (χ3v) is 9.51. The van der Waals surface area contributed by atoms with Gasteiger partial charge in [0.2, 0.25) is 0 Å². The van der Waals surface area contributed by atoms with Gasteiger partial charge in [0.05, 0.1) is 31.4 Å². The van der Waals surface area contributed by atoms with Crippen molar-refractivity contribution in [3.05, 3.63) is 130 Å². The van der Waals surface area contributed by atoms with Gasteiger partial charge >= 0.3 is 12.2 Å². The zero-order valence-corrected chi connectivity index (χ0v) is 34.3. The van der Waals surface area contributed by atoms with Crippen LogP contribution in [0.1, 0.15) is 88.4 Å². The third kappa shape index (κ3) is 15.8. The minimum absolute atomic E-state index is 0.0550. The molecular formula is C46H56N4O9. The molecule has 2 atom stereocenters. The molecule has 0 aliphatic heterocycles. The zero-order valence-electron chi connectivity index (χ0n) is 34.3. The lowest BCUT2D eigenvalue weighted by Gasteiger charge is -2.20. The Morgan fingerprint density at radius 1 is 0.576 bits per heavy atom. The van der Waals surface area contributed by atoms with Gasteiger partial charge in [0, 0.05) is 25.6 Å². The number of Topliss-reactive ketones (excluding diaryl/α,β-unsaturated/α-hetero) is 1. The van der Waals surface area contributed by atoms with Gasteiger partial charge < -0.3 is 40.2 Å². The highest BCUT2D eigenvalue weighted by Crippen LogP contribution is 2.23. The largest absolute Gasteiger partial charge is 0.496 e. The molecule has 4 N–H and O–H groups in total. The number of nitrogens with one attached hydrogen (secondary N) is 4. The van der Waals surface area contributed by atoms with Crippen LogP contribution in [0.25, 0.3) is 0 Å². The summed E-state index contributed by atoms with van der Waals surface area (Å²) in [6.07, 6.45) is 2.42. The number of hydrogen-bond donors (Lipinski definition) is 4. The average Bonchev–Trinajstić information content (AvgIpc) is 3.24. The van der Waals surface area contributed by atoms with Crippen LogP contribution in [0.3, 0.4) is 0 Å². The minimum atomic E-state index is -0.864. The van der Waals surface area contributed by atoms with Gasteiger partial charge in [-0.3, -0.25) is 14.4 Å². The molecule has 0 saturated carbocycles. The number of benzene rings is 4. The summed E-state index contributed by atoms with van der Waals surface area (Å²) in [4.78, 5) is 65.2. The Morgan fingerprint density at radius 2 is 1.08 bits per heavy atom. The van der Waals surface area contributed by atoms with Gasteiger partial charge in [-0.25, -0.2) is 9.59 Å². The lowest BCUT2D eigenvalue weighted by atomic mass is 9.97. The van der Waals surface area contributed by atoms with E-state index in [1.54, 1.807) is 30.3 Å². The molecule has 4 amide bonds. The average molecular weight is 809 g/mol. The van der Waals surface area contributed by atoms with Crippen molar-refractivity contribution >= 4 is 29.8 Å². The molecule has 0 aromatic heterocycles. The summed E-state index contributed by atoms with van der Waals surface area (Å²) in [7, 11) is 2.95. The molecule has 0 aliphatic rings. The molecule has 0 fully saturated rings. The molecule has 314 valence electrons. The summed E-state index contributed by atoms with van der Waals surface area (Å²) in [5.41, 5.74) is 3.81. The number of ether oxygens (including phenoxy) is 4. The van der Waals surface area contributed by atoms with Crippen LogP contribution >= 0.6 is 0 Å². The smallest absolute Gasteiger partial charge is 0.407 e. The van der Waals surface area contributed by atoms with Crippen molar-refractivity contribution in [2.45, 2.75) is 84.1 Å². The number of rotatable bonds is 23. The summed E-state index contributed by atoms with van der Waals surface area (Å²) in [5.74, 6) is -0.307. The van der Waals surface area contributed by atoms with Gasteiger partial charge in [0.1, 0.15) is 24.7 Å². The summed E-state index contributed by atoms with van der Waals surface area (Å²) in [6.45, 7) is 4.88. The highest BCUT2D eigenvalue weighted by Gasteiger charge is 2.24. The quantitative estimate of drug-likeness (QED) is 0.0565. The number of carbonyl (C=O) groups is 5. The molecule has 4 rings (SSSR count). The van der Waals surface area contributed by atoms with Gasteiger partial charge in [-0.05, 0) is 93.3 Å². The fourth-order valence-corrected chi connectivity index (χ4v) is 6.27. The van der Waals surface area contributed by atoms with E-state index >= 15 is 0 Å². The Labute approximate surface area is 346 Å². The van der Waals surface area contributed by atoms with Crippen molar-refractivity contribution in [1.82, 2.24) is 21.3 Å². The van der Waals surface area contributed by atoms with E-state index in [-0.39, 0.29) is 42.9 Å². The van der Waals surface area contributed by atoms with Crippen LogP contribution < -0.4 is 30.7 Å². The number of hydrogen-bond acceptors (Lipinski definition) is 9. The Kier molecular flexibility index (Phi) is 18.8. The first-order valence-corrected chi connectivity index (χ1v) is 19.9. The minimum Gasteiger partial charge on any atom is -0.496 e. The van der Waals surface area contributed by atoms with Gasteiger partial charge in [-0.2, -0.15) is 0 Å². The number of ketones is 1. The maximum atomic E-state index is 13.9. The van der Waals surface area contributed by atoms with E-state index < -0.39 is 24.1 Å². The van der Waals surface area contributed by atoms with Gasteiger partial charge in [0.25, 0.3) is 11.8 Å². The van der Waals surface area contributed by atoms with Crippen molar-refractivity contribution in [1.29, 1.82) is 0 Å². The molecule has 0 aliphatic carbocycles. The molecule has 13 heteroatoms. The monoisotopic (exact) mass is 808 g/mol. The summed E-state index contributed by atoms with van der Waals surface area (Å²) < 4.78 is 21.4. The van der Waals surface area contributed by atoms with Gasteiger partial charge in [0.15, 0.2) is 5.78 Å². The fraction of sp³-hybridized carbons (Fsp3) is 0.370. The van der Waals surface area contributed by atoms with E-state index in [1.807, 2.05) is 80.6 Å². The third-order valence-electron chi connectivity index (χ3n) is 9.51. The van der Waals surface area contributed by atoms with Crippen molar-refractivity contribution < 1.29 is 42.9 Å². The zero-order chi connectivity index (χ0) is 42.4. The summed E-state index contributed by atoms with van der Waals surface area (Å²) >= 11 is 0. The van der Waals surface area contributed by atoms with E-state index in [4.69, 9.17) is 18.9 Å². The highest BCUT2D eigenvalue weighted by molar-refractivity contribution is 6.01. The molecule has 0 radical (unpaired) electrons. The second kappa shape index (κ2) is 24.4. The van der Waals surface area contributed by atoms with Crippen LogP contribution in [0.5, 0.6) is 11.5 Å². The molecule has 0 spiro atoms. The topological polar surface area (TPSA) is 170 Å². The van der Waals surface area contributed by atoms with Gasteiger partial charge in [-0.1, -0.05) is 78.4 Å². The number of alkyl carbamates (subject to hydrolysis) is 2. The Balaban J connectivity index is 1.31. The van der Waals surface area contributed by atoms with Crippen molar-refractivity contribution in [3.63, 3.8) is 0 Å². The molecule has 13 nitrogen and oxygen atoms in total. The van der Waals surface area contributed by atoms with E-state index in [9.17, 15) is 24.0 Å². The summed E-state index contributed by atoms with van der Waals surface area (Å²) in [6, 6.07) is 28.0. The SMILES string of the molecule is COc1ccc(CC(=O)[C@H](CCCCNC(=O)OCc2ccccc2)NC(=O)c2cc(C)ccc2OC)cc1C(=O)N[C@H](C)CCCCNC(=O)OCc1ccccc1. The van der Waals surface area contributed by atoms with E-state index in [0.29, 0.717) is 67.8 Å². The maximum absolute atomic E-state index is 13.9. The van der Waals surface area contributed by atoms with Crippen LogP contribution in [0, 0.1) is 6.92 Å². The first-order valence-electron chi connectivity index (χ1n) is 19.9. The molecular weight excluding hydrogens is 753 g/mol. The molecule has 59 heavy (non-hydrogen) atoms. The van der Waals surface area contributed by atoms with Crippen molar-refractivity contribution in [2.75, 3.05) is 27.3 Å². The van der Waals surface area contributed by atoms with Crippen molar-refractivity contribution in [3.8, 4) is 11.5 Å². The second-order valence-electron chi connectivity index (χ2n) is 14.3. The standard InChI is InChI=1S/C46H56N4O9/c1-32-21-23-41(56-3)37(27-32)44(53)50-39(20-12-14-26-48-46(55)59-31-35-18-9-6-10-19-35)40(51)29-36-22-24-42(57-4)38(28-36)43(52)49-33(2)15-11-13-25-47-45(54)58-30-34-16-7-5-8-17-34/h5-10,16-19,21-24,27-28,33,39H,11-15,20,25-26,29-31H2,1-4H3,(H,47,54)(H,48,55)(H,49,52)(H,50,53)/t33-,39+/m1/s1. The predicted molar refractivity (Wildman–Crippen MR) is 225 cm³/mol. The molecule has 0 saturated heterocycles. The number of amides is 4. The number of carbonyl (C=O) groups excluding carboxylic acids is 5. The van der Waals surface area contributed by atoms with E-state index in [0.717, 1.165) is 23.1 Å². The highest BCUT2D eigenvalue weighted by atomic mass is 16.6. The maximum Gasteiger partial charge on any atom is 0.407 e. The van der Waals surface area contributed by atoms with Crippen LogP contribution in [0.15, 0.2) is 97.1 Å². The lowest BCUT2D eigenvalue weighted by Crippen LogP contribution is -2.42. The first-order chi connectivity index (χ1) is 28.6. The number of unbranched alkanes of at least 4 members (excludes halogenated alkanes) is 2. The fourth-order valence-electron chi connectivity index (χ4n) is 6.27. The van der Waals surface area contributed by atoms with Crippen LogP contribution in [0.4, 0.5) is 9.59 Å². The Bertz CT molecular complexity index is 1970. The molecule has 0 heterocycles. The molecule has 0 bridgehead atoms. The van der Waals surface area contributed by atoms with Gasteiger partial charge in [-0.15, -0.1) is 0 Å². The predicted octanol–water partition coefficient (Wildman–Crippen LogP) is 7.23. The second-order valence-corrected chi connectivity index (χ2v) is 14.3. The molecule has 0 unspecified atom stereocenters. The normalized spacial score (nSPS) is 11.7. The lowest BCUT2D eigenvalue weighted by molar-refractivity contribution is -0.120. The van der Waals surface area contributed by atoms with E-state index in [1.165, 1.54) is 14.2 Å². The Morgan fingerprint density at radius 3 is 1.64 bits per heavy atom. The molecule has 4 aromatic rings. The first kappa shape index (κ1) is 45.3. The van der Waals surface area contributed by atoms with Crippen LogP contribution in [-0.2, 0) is 33.9 Å². The number of methoxy groups -OCH3 is 2. The molecule has 4 aromatic carbocycles. The summed E-state index contributed by atoms with van der Waals surface area (Å²) in [5, 5.41) is 11.4. The number of aryl methyl sites for hydroxylation is 1. The van der Waals surface area contributed by atoms with Crippen LogP contribution in [0.2, 0.25) is 0 Å². The van der Waals surface area contributed by atoms with E-state index in [2.05, 4.69) is 21.3 Å².